The molecule has 0 aromatic carbocycles. The average molecular weight is 151 g/mol. The summed E-state index contributed by atoms with van der Waals surface area (Å²) < 4.78 is 0. The minimum absolute atomic E-state index is 0.778. The van der Waals surface area contributed by atoms with E-state index in [1.165, 1.54) is 44.9 Å². The molecule has 1 fully saturated rings. The van der Waals surface area contributed by atoms with Crippen molar-refractivity contribution in [2.75, 3.05) is 0 Å². The molecule has 0 unspecified atom stereocenters. The van der Waals surface area contributed by atoms with Crippen molar-refractivity contribution in [2.24, 2.45) is 5.92 Å². The lowest BCUT2D eigenvalue weighted by Crippen LogP contribution is -2.00. The fourth-order valence-electron chi connectivity index (χ4n) is 1.86. The highest BCUT2D eigenvalue weighted by Gasteiger charge is 2.07. The van der Waals surface area contributed by atoms with Crippen molar-refractivity contribution in [3.63, 3.8) is 0 Å². The van der Waals surface area contributed by atoms with Crippen LogP contribution in [0.15, 0.2) is 6.08 Å². The third-order valence-electron chi connectivity index (χ3n) is 2.51. The molecule has 0 heteroatoms. The first kappa shape index (κ1) is 8.83. The third-order valence-corrected chi connectivity index (χ3v) is 2.51. The van der Waals surface area contributed by atoms with Gasteiger partial charge >= 0.3 is 0 Å². The van der Waals surface area contributed by atoms with Crippen molar-refractivity contribution in [3.8, 4) is 0 Å². The summed E-state index contributed by atoms with van der Waals surface area (Å²) in [6.07, 6.45) is 15.5. The Morgan fingerprint density at radius 1 is 1.00 bits per heavy atom. The Bertz CT molecular complexity index is 105. The van der Waals surface area contributed by atoms with Crippen LogP contribution in [0.3, 0.4) is 0 Å². The van der Waals surface area contributed by atoms with E-state index in [0.717, 1.165) is 5.92 Å². The molecule has 0 aromatic heterocycles. The molecule has 0 nitrogen and oxygen atoms in total. The summed E-state index contributed by atoms with van der Waals surface area (Å²) in [5.74, 6) is 0.778. The van der Waals surface area contributed by atoms with Crippen molar-refractivity contribution < 1.29 is 0 Å². The number of rotatable bonds is 1. The van der Waals surface area contributed by atoms with E-state index in [2.05, 4.69) is 19.1 Å². The van der Waals surface area contributed by atoms with Gasteiger partial charge in [0.15, 0.2) is 0 Å². The summed E-state index contributed by atoms with van der Waals surface area (Å²) in [5.41, 5.74) is 0. The molecule has 1 radical (unpaired) electrons. The van der Waals surface area contributed by atoms with Crippen LogP contribution in [0, 0.1) is 12.0 Å². The Labute approximate surface area is 70.7 Å². The lowest BCUT2D eigenvalue weighted by molar-refractivity contribution is 0.427. The fourth-order valence-corrected chi connectivity index (χ4v) is 1.86. The zero-order valence-electron chi connectivity index (χ0n) is 7.60. The summed E-state index contributed by atoms with van der Waals surface area (Å²) in [4.78, 5) is 0. The van der Waals surface area contributed by atoms with Crippen LogP contribution in [0.2, 0.25) is 0 Å². The zero-order chi connectivity index (χ0) is 7.94. The van der Waals surface area contributed by atoms with E-state index in [1.807, 2.05) is 0 Å². The fraction of sp³-hybridized carbons (Fsp3) is 0.818. The molecule has 63 valence electrons. The molecular formula is C11H19. The minimum atomic E-state index is 0.778. The Morgan fingerprint density at radius 2 is 1.55 bits per heavy atom. The second-order valence-corrected chi connectivity index (χ2v) is 3.50. The third kappa shape index (κ3) is 3.60. The van der Waals surface area contributed by atoms with Crippen LogP contribution >= 0.6 is 0 Å². The summed E-state index contributed by atoms with van der Waals surface area (Å²) in [6.45, 7) is 2.08. The maximum absolute atomic E-state index is 3.43. The van der Waals surface area contributed by atoms with Gasteiger partial charge in [0.25, 0.3) is 0 Å². The van der Waals surface area contributed by atoms with Gasteiger partial charge in [-0.2, -0.15) is 0 Å². The largest absolute Gasteiger partial charge is 0.0839 e. The molecule has 1 rings (SSSR count). The molecule has 0 aliphatic heterocycles. The van der Waals surface area contributed by atoms with Crippen molar-refractivity contribution in [2.45, 2.75) is 51.9 Å². The molecule has 0 saturated heterocycles. The summed E-state index contributed by atoms with van der Waals surface area (Å²) in [6, 6.07) is 0. The second-order valence-electron chi connectivity index (χ2n) is 3.50. The van der Waals surface area contributed by atoms with E-state index in [1.54, 1.807) is 0 Å². The van der Waals surface area contributed by atoms with Crippen LogP contribution in [0.25, 0.3) is 0 Å². The lowest BCUT2D eigenvalue weighted by atomic mass is 9.91. The van der Waals surface area contributed by atoms with Gasteiger partial charge in [-0.1, -0.05) is 38.2 Å². The summed E-state index contributed by atoms with van der Waals surface area (Å²) >= 11 is 0. The summed E-state index contributed by atoms with van der Waals surface area (Å²) in [7, 11) is 0. The number of hydrogen-bond acceptors (Lipinski definition) is 0. The maximum atomic E-state index is 3.43. The molecule has 0 amide bonds. The lowest BCUT2D eigenvalue weighted by Gasteiger charge is -2.14. The SMILES string of the molecule is C/C=[C]/C1CCCCCCC1. The van der Waals surface area contributed by atoms with E-state index >= 15 is 0 Å². The van der Waals surface area contributed by atoms with Crippen molar-refractivity contribution in [1.82, 2.24) is 0 Å². The van der Waals surface area contributed by atoms with Gasteiger partial charge in [0.2, 0.25) is 0 Å². The molecule has 1 aliphatic carbocycles. The first-order valence-electron chi connectivity index (χ1n) is 4.97. The van der Waals surface area contributed by atoms with Crippen LogP contribution in [0.4, 0.5) is 0 Å². The molecular weight excluding hydrogens is 132 g/mol. The minimum Gasteiger partial charge on any atom is -0.0839 e. The average Bonchev–Trinajstić information content (AvgIpc) is 1.94. The second kappa shape index (κ2) is 5.40. The standard InChI is InChI=1S/C11H19/c1-2-8-11-9-6-4-3-5-7-10-11/h2,11H,3-7,9-10H2,1H3. The molecule has 0 atom stereocenters. The van der Waals surface area contributed by atoms with Crippen molar-refractivity contribution in [3.05, 3.63) is 12.2 Å². The van der Waals surface area contributed by atoms with Gasteiger partial charge in [-0.25, -0.2) is 0 Å². The van der Waals surface area contributed by atoms with Crippen LogP contribution in [0.5, 0.6) is 0 Å². The van der Waals surface area contributed by atoms with E-state index in [0.29, 0.717) is 0 Å². The quantitative estimate of drug-likeness (QED) is 0.535. The smallest absolute Gasteiger partial charge is 0.0163 e. The zero-order valence-corrected chi connectivity index (χ0v) is 7.60. The monoisotopic (exact) mass is 151 g/mol. The van der Waals surface area contributed by atoms with E-state index in [-0.39, 0.29) is 0 Å². The van der Waals surface area contributed by atoms with E-state index in [9.17, 15) is 0 Å². The molecule has 0 heterocycles. The first-order valence-corrected chi connectivity index (χ1v) is 4.97. The predicted octanol–water partition coefficient (Wildman–Crippen LogP) is 3.73. The van der Waals surface area contributed by atoms with E-state index < -0.39 is 0 Å². The number of allylic oxidation sites excluding steroid dienone is 2. The van der Waals surface area contributed by atoms with E-state index in [4.69, 9.17) is 0 Å². The van der Waals surface area contributed by atoms with Crippen LogP contribution in [-0.2, 0) is 0 Å². The Hall–Kier alpha value is -0.260. The Morgan fingerprint density at radius 3 is 2.09 bits per heavy atom. The highest BCUT2D eigenvalue weighted by Crippen LogP contribution is 2.22. The van der Waals surface area contributed by atoms with Gasteiger partial charge in [0.1, 0.15) is 0 Å². The van der Waals surface area contributed by atoms with Gasteiger partial charge in [-0.05, 0) is 31.8 Å². The topological polar surface area (TPSA) is 0 Å². The van der Waals surface area contributed by atoms with Crippen LogP contribution in [0.1, 0.15) is 51.9 Å². The van der Waals surface area contributed by atoms with Gasteiger partial charge in [0, 0.05) is 0 Å². The highest BCUT2D eigenvalue weighted by molar-refractivity contribution is 4.77. The van der Waals surface area contributed by atoms with Crippen molar-refractivity contribution >= 4 is 0 Å². The Kier molecular flexibility index (Phi) is 4.33. The highest BCUT2D eigenvalue weighted by atomic mass is 14.1. The normalized spacial score (nSPS) is 23.4. The Balaban J connectivity index is 2.26. The maximum Gasteiger partial charge on any atom is -0.0163 e. The molecule has 11 heavy (non-hydrogen) atoms. The van der Waals surface area contributed by atoms with Gasteiger partial charge in [-0.15, -0.1) is 0 Å². The molecule has 1 aliphatic rings. The number of hydrogen-bond donors (Lipinski definition) is 0. The predicted molar refractivity (Wildman–Crippen MR) is 49.3 cm³/mol. The molecule has 0 aromatic rings. The van der Waals surface area contributed by atoms with Crippen LogP contribution in [-0.4, -0.2) is 0 Å². The van der Waals surface area contributed by atoms with Gasteiger partial charge < -0.3 is 0 Å². The molecule has 0 N–H and O–H groups in total. The summed E-state index contributed by atoms with van der Waals surface area (Å²) in [5, 5.41) is 0. The molecule has 0 bridgehead atoms. The van der Waals surface area contributed by atoms with Gasteiger partial charge in [-0.3, -0.25) is 0 Å². The first-order chi connectivity index (χ1) is 5.43. The van der Waals surface area contributed by atoms with Gasteiger partial charge in [0.05, 0.1) is 0 Å². The molecule has 1 saturated carbocycles. The van der Waals surface area contributed by atoms with Crippen LogP contribution < -0.4 is 0 Å². The molecule has 0 spiro atoms. The van der Waals surface area contributed by atoms with Crippen molar-refractivity contribution in [1.29, 1.82) is 0 Å².